The zero-order valence-corrected chi connectivity index (χ0v) is 12.8. The SMILES string of the molecule is CCOC(CN1CC2CCCCN2CC1C)OCC. The molecule has 2 atom stereocenters. The van der Waals surface area contributed by atoms with Crippen molar-refractivity contribution in [2.75, 3.05) is 39.4 Å². The second-order valence-corrected chi connectivity index (χ2v) is 5.79. The largest absolute Gasteiger partial charge is 0.352 e. The van der Waals surface area contributed by atoms with E-state index in [0.29, 0.717) is 6.04 Å². The molecule has 2 aliphatic rings. The summed E-state index contributed by atoms with van der Waals surface area (Å²) in [5, 5.41) is 0. The Hall–Kier alpha value is -0.160. The summed E-state index contributed by atoms with van der Waals surface area (Å²) in [6.45, 7) is 12.4. The van der Waals surface area contributed by atoms with Crippen LogP contribution in [0, 0.1) is 0 Å². The number of hydrogen-bond acceptors (Lipinski definition) is 4. The van der Waals surface area contributed by atoms with Crippen LogP contribution in [0.3, 0.4) is 0 Å². The minimum absolute atomic E-state index is 0.0624. The molecule has 0 amide bonds. The molecule has 2 fully saturated rings. The van der Waals surface area contributed by atoms with E-state index in [2.05, 4.69) is 16.7 Å². The van der Waals surface area contributed by atoms with Crippen LogP contribution >= 0.6 is 0 Å². The normalized spacial score (nSPS) is 29.7. The van der Waals surface area contributed by atoms with E-state index in [1.54, 1.807) is 0 Å². The zero-order valence-electron chi connectivity index (χ0n) is 12.8. The average Bonchev–Trinajstić information content (AvgIpc) is 2.40. The maximum atomic E-state index is 5.69. The van der Waals surface area contributed by atoms with Gasteiger partial charge in [-0.1, -0.05) is 6.42 Å². The van der Waals surface area contributed by atoms with Gasteiger partial charge >= 0.3 is 0 Å². The van der Waals surface area contributed by atoms with E-state index in [1.807, 2.05) is 13.8 Å². The van der Waals surface area contributed by atoms with Crippen molar-refractivity contribution in [3.8, 4) is 0 Å². The van der Waals surface area contributed by atoms with E-state index in [-0.39, 0.29) is 6.29 Å². The van der Waals surface area contributed by atoms with Crippen LogP contribution in [0.25, 0.3) is 0 Å². The Morgan fingerprint density at radius 1 is 1.11 bits per heavy atom. The summed E-state index contributed by atoms with van der Waals surface area (Å²) in [6.07, 6.45) is 4.07. The standard InChI is InChI=1S/C15H30N2O2/c1-4-18-15(19-5-2)12-17-11-14-8-6-7-9-16(14)10-13(17)3/h13-15H,4-12H2,1-3H3. The molecule has 0 radical (unpaired) electrons. The van der Waals surface area contributed by atoms with Crippen LogP contribution in [0.1, 0.15) is 40.0 Å². The first-order chi connectivity index (χ1) is 9.24. The van der Waals surface area contributed by atoms with E-state index in [1.165, 1.54) is 38.9 Å². The van der Waals surface area contributed by atoms with Crippen molar-refractivity contribution in [2.45, 2.75) is 58.4 Å². The van der Waals surface area contributed by atoms with Crippen LogP contribution in [0.5, 0.6) is 0 Å². The number of hydrogen-bond donors (Lipinski definition) is 0. The van der Waals surface area contributed by atoms with Crippen LogP contribution in [-0.4, -0.2) is 67.6 Å². The quantitative estimate of drug-likeness (QED) is 0.689. The van der Waals surface area contributed by atoms with Gasteiger partial charge in [-0.05, 0) is 40.2 Å². The van der Waals surface area contributed by atoms with Crippen molar-refractivity contribution in [3.05, 3.63) is 0 Å². The minimum atomic E-state index is -0.0624. The average molecular weight is 270 g/mol. The molecule has 0 bridgehead atoms. The predicted molar refractivity (Wildman–Crippen MR) is 77.3 cm³/mol. The molecule has 19 heavy (non-hydrogen) atoms. The Kier molecular flexibility index (Phi) is 6.07. The highest BCUT2D eigenvalue weighted by Crippen LogP contribution is 2.24. The number of fused-ring (bicyclic) bond motifs is 1. The van der Waals surface area contributed by atoms with Crippen LogP contribution in [0.4, 0.5) is 0 Å². The Balaban J connectivity index is 1.87. The minimum Gasteiger partial charge on any atom is -0.352 e. The molecule has 2 saturated heterocycles. The first kappa shape index (κ1) is 15.2. The fourth-order valence-electron chi connectivity index (χ4n) is 3.38. The van der Waals surface area contributed by atoms with Crippen molar-refractivity contribution in [3.63, 3.8) is 0 Å². The monoisotopic (exact) mass is 270 g/mol. The van der Waals surface area contributed by atoms with Gasteiger partial charge in [0, 0.05) is 44.9 Å². The molecule has 0 aliphatic carbocycles. The van der Waals surface area contributed by atoms with Crippen molar-refractivity contribution in [1.82, 2.24) is 9.80 Å². The summed E-state index contributed by atoms with van der Waals surface area (Å²) in [5.74, 6) is 0. The van der Waals surface area contributed by atoms with E-state index < -0.39 is 0 Å². The van der Waals surface area contributed by atoms with Gasteiger partial charge in [0.1, 0.15) is 0 Å². The second-order valence-electron chi connectivity index (χ2n) is 5.79. The molecule has 4 heteroatoms. The van der Waals surface area contributed by atoms with Gasteiger partial charge in [-0.25, -0.2) is 0 Å². The van der Waals surface area contributed by atoms with Crippen molar-refractivity contribution in [1.29, 1.82) is 0 Å². The third kappa shape index (κ3) is 4.15. The van der Waals surface area contributed by atoms with E-state index in [9.17, 15) is 0 Å². The highest BCUT2D eigenvalue weighted by atomic mass is 16.7. The van der Waals surface area contributed by atoms with E-state index in [4.69, 9.17) is 9.47 Å². The smallest absolute Gasteiger partial charge is 0.170 e. The van der Waals surface area contributed by atoms with Crippen LogP contribution in [-0.2, 0) is 9.47 Å². The maximum absolute atomic E-state index is 5.69. The van der Waals surface area contributed by atoms with Gasteiger partial charge in [-0.15, -0.1) is 0 Å². The van der Waals surface area contributed by atoms with Gasteiger partial charge in [0.15, 0.2) is 6.29 Å². The summed E-state index contributed by atoms with van der Waals surface area (Å²) in [7, 11) is 0. The Labute approximate surface area is 118 Å². The Morgan fingerprint density at radius 3 is 2.53 bits per heavy atom. The fourth-order valence-corrected chi connectivity index (χ4v) is 3.38. The molecule has 0 saturated carbocycles. The van der Waals surface area contributed by atoms with Crippen LogP contribution in [0.15, 0.2) is 0 Å². The molecular weight excluding hydrogens is 240 g/mol. The summed E-state index contributed by atoms with van der Waals surface area (Å²) >= 11 is 0. The highest BCUT2D eigenvalue weighted by Gasteiger charge is 2.33. The molecule has 0 aromatic carbocycles. The third-order valence-corrected chi connectivity index (χ3v) is 4.41. The summed E-state index contributed by atoms with van der Waals surface area (Å²) in [4.78, 5) is 5.24. The molecule has 0 N–H and O–H groups in total. The van der Waals surface area contributed by atoms with Crippen LogP contribution in [0.2, 0.25) is 0 Å². The van der Waals surface area contributed by atoms with Gasteiger partial charge in [-0.2, -0.15) is 0 Å². The highest BCUT2D eigenvalue weighted by molar-refractivity contribution is 4.89. The molecule has 0 aromatic rings. The Morgan fingerprint density at radius 2 is 1.84 bits per heavy atom. The lowest BCUT2D eigenvalue weighted by molar-refractivity contribution is -0.156. The molecule has 4 nitrogen and oxygen atoms in total. The van der Waals surface area contributed by atoms with Gasteiger partial charge in [0.05, 0.1) is 0 Å². The molecule has 2 heterocycles. The molecule has 0 spiro atoms. The topological polar surface area (TPSA) is 24.9 Å². The molecule has 2 aliphatic heterocycles. The molecule has 2 unspecified atom stereocenters. The predicted octanol–water partition coefficient (Wildman–Crippen LogP) is 1.94. The lowest BCUT2D eigenvalue weighted by atomic mass is 9.97. The summed E-state index contributed by atoms with van der Waals surface area (Å²) < 4.78 is 11.4. The zero-order chi connectivity index (χ0) is 13.7. The molecule has 2 rings (SSSR count). The molecule has 0 aromatic heterocycles. The Bertz CT molecular complexity index is 257. The van der Waals surface area contributed by atoms with Gasteiger partial charge in [-0.3, -0.25) is 9.80 Å². The number of nitrogens with zero attached hydrogens (tertiary/aromatic N) is 2. The molecule has 112 valence electrons. The van der Waals surface area contributed by atoms with Gasteiger partial charge in [0.2, 0.25) is 0 Å². The number of rotatable bonds is 6. The van der Waals surface area contributed by atoms with Crippen molar-refractivity contribution in [2.24, 2.45) is 0 Å². The van der Waals surface area contributed by atoms with Crippen molar-refractivity contribution >= 4 is 0 Å². The van der Waals surface area contributed by atoms with Crippen LogP contribution < -0.4 is 0 Å². The third-order valence-electron chi connectivity index (χ3n) is 4.41. The van der Waals surface area contributed by atoms with Crippen molar-refractivity contribution < 1.29 is 9.47 Å². The summed E-state index contributed by atoms with van der Waals surface area (Å²) in [5.41, 5.74) is 0. The second kappa shape index (κ2) is 7.58. The van der Waals surface area contributed by atoms with E-state index >= 15 is 0 Å². The first-order valence-corrected chi connectivity index (χ1v) is 7.95. The maximum Gasteiger partial charge on any atom is 0.170 e. The molecular formula is C15H30N2O2. The first-order valence-electron chi connectivity index (χ1n) is 7.95. The van der Waals surface area contributed by atoms with E-state index in [0.717, 1.165) is 25.8 Å². The fraction of sp³-hybridized carbons (Fsp3) is 1.00. The number of piperidine rings is 1. The van der Waals surface area contributed by atoms with Gasteiger partial charge in [0.25, 0.3) is 0 Å². The summed E-state index contributed by atoms with van der Waals surface area (Å²) in [6, 6.07) is 1.37. The van der Waals surface area contributed by atoms with Gasteiger partial charge < -0.3 is 9.47 Å². The lowest BCUT2D eigenvalue weighted by Gasteiger charge is -2.48. The lowest BCUT2D eigenvalue weighted by Crippen LogP contribution is -2.60. The number of piperazine rings is 1. The number of ether oxygens (including phenoxy) is 2.